The van der Waals surface area contributed by atoms with Crippen LogP contribution in [0.5, 0.6) is 5.75 Å². The Morgan fingerprint density at radius 1 is 0.853 bits per heavy atom. The molecule has 0 bridgehead atoms. The van der Waals surface area contributed by atoms with Gasteiger partial charge in [0.05, 0.1) is 12.2 Å². The van der Waals surface area contributed by atoms with Crippen molar-refractivity contribution in [2.45, 2.75) is 31.6 Å². The minimum atomic E-state index is -0.660. The van der Waals surface area contributed by atoms with Crippen LogP contribution in [0.2, 0.25) is 0 Å². The number of aliphatic hydroxyl groups is 2. The van der Waals surface area contributed by atoms with E-state index in [2.05, 4.69) is 17.1 Å². The summed E-state index contributed by atoms with van der Waals surface area (Å²) in [4.78, 5) is 13.5. The Balaban J connectivity index is 1.69. The maximum Gasteiger partial charge on any atom is 0.257 e. The van der Waals surface area contributed by atoms with Gasteiger partial charge in [0.15, 0.2) is 6.61 Å². The van der Waals surface area contributed by atoms with E-state index in [1.807, 2.05) is 84.9 Å². The van der Waals surface area contributed by atoms with Crippen LogP contribution < -0.4 is 10.1 Å². The number of carbonyl (C=O) groups is 1. The maximum atomic E-state index is 11.4. The highest BCUT2D eigenvalue weighted by atomic mass is 16.5. The molecule has 0 aliphatic heterocycles. The molecule has 0 fully saturated rings. The highest BCUT2D eigenvalue weighted by Gasteiger charge is 2.22. The van der Waals surface area contributed by atoms with E-state index >= 15 is 0 Å². The molecule has 180 valence electrons. The second-order valence-electron chi connectivity index (χ2n) is 8.47. The number of amides is 1. The third kappa shape index (κ3) is 7.70. The summed E-state index contributed by atoms with van der Waals surface area (Å²) < 4.78 is 5.48. The van der Waals surface area contributed by atoms with Gasteiger partial charge in [-0.3, -0.25) is 9.69 Å². The van der Waals surface area contributed by atoms with Crippen LogP contribution in [0.3, 0.4) is 0 Å². The molecule has 34 heavy (non-hydrogen) atoms. The quantitative estimate of drug-likeness (QED) is 0.384. The third-order valence-electron chi connectivity index (χ3n) is 5.91. The zero-order chi connectivity index (χ0) is 24.3. The fraction of sp³-hybridized carbons (Fsp3) is 0.321. The number of nitrogens with zero attached hydrogens (tertiary/aromatic N) is 1. The van der Waals surface area contributed by atoms with E-state index in [9.17, 15) is 15.0 Å². The Morgan fingerprint density at radius 3 is 1.82 bits per heavy atom. The number of benzene rings is 3. The van der Waals surface area contributed by atoms with Gasteiger partial charge < -0.3 is 20.3 Å². The molecule has 3 aromatic rings. The molecule has 0 saturated carbocycles. The van der Waals surface area contributed by atoms with Crippen LogP contribution in [0.15, 0.2) is 84.9 Å². The number of likely N-dealkylation sites (N-methyl/N-ethyl adjacent to an activating group) is 1. The van der Waals surface area contributed by atoms with Gasteiger partial charge in [0.2, 0.25) is 0 Å². The van der Waals surface area contributed by atoms with Crippen LogP contribution in [-0.2, 0) is 11.2 Å². The number of hydrogen-bond acceptors (Lipinski definition) is 5. The van der Waals surface area contributed by atoms with Gasteiger partial charge in [-0.05, 0) is 42.2 Å². The summed E-state index contributed by atoms with van der Waals surface area (Å²) in [6, 6.07) is 26.9. The van der Waals surface area contributed by atoms with Crippen molar-refractivity contribution in [2.24, 2.45) is 0 Å². The summed E-state index contributed by atoms with van der Waals surface area (Å²) in [6.45, 7) is 2.89. The zero-order valence-corrected chi connectivity index (χ0v) is 19.8. The summed E-state index contributed by atoms with van der Waals surface area (Å²) in [5.41, 5.74) is 2.81. The molecule has 0 saturated heterocycles. The number of ether oxygens (including phenoxy) is 1. The summed E-state index contributed by atoms with van der Waals surface area (Å²) in [5, 5.41) is 24.3. The number of nitrogens with one attached hydrogen (secondary N) is 1. The van der Waals surface area contributed by atoms with E-state index in [0.29, 0.717) is 18.8 Å². The van der Waals surface area contributed by atoms with Crippen LogP contribution in [0.25, 0.3) is 0 Å². The Labute approximate surface area is 201 Å². The molecular formula is C28H34N2O4. The molecule has 0 aromatic heterocycles. The standard InChI is InChI=1S/C28H34N2O4/c1-21(17-22-13-15-25(16-14-22)34-20-28(33)29-2)30(18-26(31)23-9-5-3-6-10-23)19-27(32)24-11-7-4-8-12-24/h3-16,21,26-27,31-32H,17-20H2,1-2H3,(H,29,33)/t21-,26+,27+/m1/s1. The van der Waals surface area contributed by atoms with Gasteiger partial charge in [0.25, 0.3) is 5.91 Å². The molecule has 3 aromatic carbocycles. The molecule has 6 nitrogen and oxygen atoms in total. The number of carbonyl (C=O) groups excluding carboxylic acids is 1. The lowest BCUT2D eigenvalue weighted by molar-refractivity contribution is -0.122. The van der Waals surface area contributed by atoms with Crippen molar-refractivity contribution in [3.8, 4) is 5.75 Å². The first-order valence-corrected chi connectivity index (χ1v) is 11.6. The van der Waals surface area contributed by atoms with Crippen LogP contribution in [0.1, 0.15) is 35.8 Å². The number of aliphatic hydroxyl groups excluding tert-OH is 2. The number of rotatable bonds is 12. The van der Waals surface area contributed by atoms with Crippen LogP contribution in [0.4, 0.5) is 0 Å². The van der Waals surface area contributed by atoms with E-state index in [4.69, 9.17) is 4.74 Å². The molecule has 0 radical (unpaired) electrons. The van der Waals surface area contributed by atoms with Crippen molar-refractivity contribution in [3.05, 3.63) is 102 Å². The van der Waals surface area contributed by atoms with Crippen molar-refractivity contribution < 1.29 is 19.7 Å². The van der Waals surface area contributed by atoms with Gasteiger partial charge in [-0.15, -0.1) is 0 Å². The van der Waals surface area contributed by atoms with Crippen molar-refractivity contribution in [3.63, 3.8) is 0 Å². The Bertz CT molecular complexity index is 948. The predicted molar refractivity (Wildman–Crippen MR) is 134 cm³/mol. The molecule has 3 atom stereocenters. The smallest absolute Gasteiger partial charge is 0.257 e. The van der Waals surface area contributed by atoms with E-state index in [1.54, 1.807) is 7.05 Å². The van der Waals surface area contributed by atoms with Gasteiger partial charge in [-0.25, -0.2) is 0 Å². The summed E-state index contributed by atoms with van der Waals surface area (Å²) >= 11 is 0. The number of hydrogen-bond donors (Lipinski definition) is 3. The topological polar surface area (TPSA) is 82.0 Å². The largest absolute Gasteiger partial charge is 0.484 e. The van der Waals surface area contributed by atoms with Gasteiger partial charge in [0.1, 0.15) is 5.75 Å². The van der Waals surface area contributed by atoms with Gasteiger partial charge in [-0.1, -0.05) is 72.8 Å². The Morgan fingerprint density at radius 2 is 1.35 bits per heavy atom. The van der Waals surface area contributed by atoms with E-state index in [-0.39, 0.29) is 18.6 Å². The molecule has 6 heteroatoms. The fourth-order valence-electron chi connectivity index (χ4n) is 3.85. The minimum absolute atomic E-state index is 0.0191. The molecule has 3 N–H and O–H groups in total. The summed E-state index contributed by atoms with van der Waals surface area (Å²) in [6.07, 6.45) is -0.585. The van der Waals surface area contributed by atoms with E-state index < -0.39 is 12.2 Å². The lowest BCUT2D eigenvalue weighted by Gasteiger charge is -2.33. The third-order valence-corrected chi connectivity index (χ3v) is 5.91. The van der Waals surface area contributed by atoms with Crippen LogP contribution >= 0.6 is 0 Å². The van der Waals surface area contributed by atoms with Gasteiger partial charge in [-0.2, -0.15) is 0 Å². The second kappa shape index (κ2) is 12.9. The monoisotopic (exact) mass is 462 g/mol. The molecule has 1 amide bonds. The first kappa shape index (κ1) is 25.4. The highest BCUT2D eigenvalue weighted by Crippen LogP contribution is 2.22. The molecule has 0 heterocycles. The maximum absolute atomic E-state index is 11.4. The average molecular weight is 463 g/mol. The van der Waals surface area contributed by atoms with Crippen LogP contribution in [0, 0.1) is 0 Å². The Hall–Kier alpha value is -3.19. The zero-order valence-electron chi connectivity index (χ0n) is 19.8. The van der Waals surface area contributed by atoms with Gasteiger partial charge >= 0.3 is 0 Å². The fourth-order valence-corrected chi connectivity index (χ4v) is 3.85. The SMILES string of the molecule is CNC(=O)COc1ccc(C[C@@H](C)N(C[C@H](O)c2ccccc2)C[C@H](O)c2ccccc2)cc1. The van der Waals surface area contributed by atoms with Crippen molar-refractivity contribution >= 4 is 5.91 Å². The van der Waals surface area contributed by atoms with Crippen molar-refractivity contribution in [2.75, 3.05) is 26.7 Å². The van der Waals surface area contributed by atoms with Crippen LogP contribution in [-0.4, -0.2) is 53.8 Å². The van der Waals surface area contributed by atoms with Crippen molar-refractivity contribution in [1.29, 1.82) is 0 Å². The first-order valence-electron chi connectivity index (χ1n) is 11.6. The molecule has 3 rings (SSSR count). The molecule has 0 aliphatic rings. The summed E-state index contributed by atoms with van der Waals surface area (Å²) in [7, 11) is 1.57. The van der Waals surface area contributed by atoms with Gasteiger partial charge in [0, 0.05) is 26.2 Å². The normalized spacial score (nSPS) is 13.8. The minimum Gasteiger partial charge on any atom is -0.484 e. The van der Waals surface area contributed by atoms with E-state index in [1.165, 1.54) is 0 Å². The average Bonchev–Trinajstić information content (AvgIpc) is 2.88. The predicted octanol–water partition coefficient (Wildman–Crippen LogP) is 3.51. The highest BCUT2D eigenvalue weighted by molar-refractivity contribution is 5.77. The molecule has 0 spiro atoms. The Kier molecular flexibility index (Phi) is 9.64. The first-order chi connectivity index (χ1) is 16.5. The second-order valence-corrected chi connectivity index (χ2v) is 8.47. The lowest BCUT2D eigenvalue weighted by atomic mass is 10.0. The molecular weight excluding hydrogens is 428 g/mol. The lowest BCUT2D eigenvalue weighted by Crippen LogP contribution is -2.40. The van der Waals surface area contributed by atoms with Crippen molar-refractivity contribution in [1.82, 2.24) is 10.2 Å². The molecule has 0 aliphatic carbocycles. The summed E-state index contributed by atoms with van der Waals surface area (Å²) in [5.74, 6) is 0.457. The molecule has 0 unspecified atom stereocenters. The van der Waals surface area contributed by atoms with E-state index in [0.717, 1.165) is 23.1 Å².